The zero-order valence-electron chi connectivity index (χ0n) is 28.6. The average molecular weight is 689 g/mol. The van der Waals surface area contributed by atoms with Crippen LogP contribution in [0, 0.1) is 24.2 Å². The van der Waals surface area contributed by atoms with Gasteiger partial charge in [-0.2, -0.15) is 8.42 Å². The van der Waals surface area contributed by atoms with Crippen LogP contribution in [0.15, 0.2) is 65.6 Å². The van der Waals surface area contributed by atoms with Gasteiger partial charge in [0.05, 0.1) is 10.9 Å². The van der Waals surface area contributed by atoms with E-state index >= 15 is 0 Å². The van der Waals surface area contributed by atoms with Crippen LogP contribution in [0.5, 0.6) is 0 Å². The van der Waals surface area contributed by atoms with Crippen molar-refractivity contribution < 1.29 is 36.9 Å². The first-order valence-electron chi connectivity index (χ1n) is 16.3. The molecule has 1 heterocycles. The number of hydroxylamine groups is 1. The maximum absolute atomic E-state index is 13.4. The molecule has 7 N–H and O–H groups in total. The number of hydrazine groups is 1. The lowest BCUT2D eigenvalue weighted by molar-refractivity contribution is -0.202. The number of hydrogen-bond donors (Lipinski definition) is 5. The van der Waals surface area contributed by atoms with Crippen molar-refractivity contribution in [3.63, 3.8) is 0 Å². The topological polar surface area (TPSA) is 200 Å². The summed E-state index contributed by atoms with van der Waals surface area (Å²) in [7, 11) is -4.02. The van der Waals surface area contributed by atoms with Gasteiger partial charge in [0.2, 0.25) is 11.8 Å². The Labute approximate surface area is 284 Å². The number of aryl methyl sites for hydroxylation is 1. The largest absolute Gasteiger partial charge is 0.350 e. The first-order valence-corrected chi connectivity index (χ1v) is 17.7. The van der Waals surface area contributed by atoms with Crippen LogP contribution in [0.25, 0.3) is 5.57 Å². The van der Waals surface area contributed by atoms with Gasteiger partial charge < -0.3 is 10.5 Å². The molecular formula is C35H52N4O8S. The molecule has 2 amide bonds. The number of carbonyl (C=O) groups excluding carboxylic acids is 3. The fourth-order valence-corrected chi connectivity index (χ4v) is 6.25. The minimum absolute atomic E-state index is 0.0666. The van der Waals surface area contributed by atoms with Crippen molar-refractivity contribution in [1.29, 1.82) is 0 Å². The third kappa shape index (κ3) is 12.2. The van der Waals surface area contributed by atoms with Crippen molar-refractivity contribution in [3.8, 4) is 0 Å². The van der Waals surface area contributed by atoms with Gasteiger partial charge in [-0.3, -0.25) is 24.4 Å². The van der Waals surface area contributed by atoms with Crippen molar-refractivity contribution >= 4 is 33.3 Å². The van der Waals surface area contributed by atoms with E-state index in [1.165, 1.54) is 12.1 Å². The van der Waals surface area contributed by atoms with E-state index in [2.05, 4.69) is 10.9 Å². The van der Waals surface area contributed by atoms with E-state index in [0.717, 1.165) is 29.5 Å². The van der Waals surface area contributed by atoms with Gasteiger partial charge >= 0.3 is 0 Å². The van der Waals surface area contributed by atoms with Crippen LogP contribution in [0.1, 0.15) is 83.8 Å². The molecule has 0 aliphatic carbocycles. The molecule has 3 rings (SSSR count). The molecule has 1 aliphatic rings. The summed E-state index contributed by atoms with van der Waals surface area (Å²) in [5, 5.41) is 0. The van der Waals surface area contributed by atoms with Crippen LogP contribution in [0.2, 0.25) is 0 Å². The number of rotatable bonds is 15. The van der Waals surface area contributed by atoms with Gasteiger partial charge in [-0.1, -0.05) is 74.4 Å². The summed E-state index contributed by atoms with van der Waals surface area (Å²) >= 11 is 0. The van der Waals surface area contributed by atoms with E-state index in [0.29, 0.717) is 25.9 Å². The third-order valence-electron chi connectivity index (χ3n) is 8.48. The van der Waals surface area contributed by atoms with Gasteiger partial charge in [0.25, 0.3) is 10.1 Å². The minimum Gasteiger partial charge on any atom is -0.350 e. The maximum Gasteiger partial charge on any atom is 0.294 e. The molecule has 48 heavy (non-hydrogen) atoms. The third-order valence-corrected chi connectivity index (χ3v) is 9.34. The quantitative estimate of drug-likeness (QED) is 0.0578. The molecule has 0 bridgehead atoms. The highest BCUT2D eigenvalue weighted by molar-refractivity contribution is 7.85. The molecular weight excluding hydrogens is 636 g/mol. The minimum atomic E-state index is -4.02. The molecule has 2 aromatic carbocycles. The van der Waals surface area contributed by atoms with Crippen LogP contribution < -0.4 is 22.5 Å². The standard InChI is InChI=1S/C28H44N4O5.C7H8O3S/c1-5-16-28(27(35)31-30,25(33)21(4)29)18-20(3)23(15-14-19(2)22-11-7-6-8-12-22)26(34)32-37-24-13-9-10-17-36-24;1-6-2-4-7(5-3-6)11(8,9)10/h6-8,11-12,14,20-21,23-24H,5,9-10,13,15-18,29-30H2,1-4H3,(H,31,35)(H,32,34);2-5H,1H3,(H,8,9,10)/b19-14+;/t20-,21-,23+,24?,28?;/m1./s1. The summed E-state index contributed by atoms with van der Waals surface area (Å²) in [6.07, 6.45) is 5.52. The van der Waals surface area contributed by atoms with Crippen LogP contribution in [-0.2, 0) is 34.1 Å². The zero-order valence-corrected chi connectivity index (χ0v) is 29.4. The molecule has 0 aromatic heterocycles. The van der Waals surface area contributed by atoms with Gasteiger partial charge in [0.1, 0.15) is 5.41 Å². The SMILES string of the molecule is CCCC(C[C@@H](C)[C@H](C/C=C(\C)c1ccccc1)C(=O)NOC1CCCCO1)(C(=O)NN)C(=O)[C@@H](C)N.Cc1ccc(S(=O)(=O)O)cc1. The molecule has 266 valence electrons. The van der Waals surface area contributed by atoms with E-state index in [1.54, 1.807) is 19.1 Å². The lowest BCUT2D eigenvalue weighted by Gasteiger charge is -2.36. The first-order chi connectivity index (χ1) is 22.7. The molecule has 0 radical (unpaired) electrons. The second-order valence-electron chi connectivity index (χ2n) is 12.4. The van der Waals surface area contributed by atoms with Gasteiger partial charge in [-0.25, -0.2) is 16.2 Å². The van der Waals surface area contributed by atoms with E-state index in [9.17, 15) is 22.8 Å². The Morgan fingerprint density at radius 1 is 1.10 bits per heavy atom. The number of allylic oxidation sites excluding steroid dienone is 2. The number of hydrogen-bond acceptors (Lipinski definition) is 9. The number of benzene rings is 2. The van der Waals surface area contributed by atoms with Crippen LogP contribution in [0.3, 0.4) is 0 Å². The number of Topliss-reactive ketones (excluding diaryl/α,β-unsaturated/α-hetero) is 1. The molecule has 2 aromatic rings. The Morgan fingerprint density at radius 3 is 2.27 bits per heavy atom. The monoisotopic (exact) mass is 688 g/mol. The van der Waals surface area contributed by atoms with E-state index < -0.39 is 39.7 Å². The van der Waals surface area contributed by atoms with Gasteiger partial charge in [-0.15, -0.1) is 0 Å². The van der Waals surface area contributed by atoms with Gasteiger partial charge in [0.15, 0.2) is 12.1 Å². The second-order valence-corrected chi connectivity index (χ2v) is 13.8. The Hall–Kier alpha value is -3.46. The number of nitrogens with two attached hydrogens (primary N) is 2. The lowest BCUT2D eigenvalue weighted by Crippen LogP contribution is -2.54. The highest BCUT2D eigenvalue weighted by Crippen LogP contribution is 2.38. The molecule has 1 aliphatic heterocycles. The van der Waals surface area contributed by atoms with Crippen LogP contribution in [-0.4, -0.2) is 49.5 Å². The number of amides is 2. The van der Waals surface area contributed by atoms with Crippen LogP contribution >= 0.6 is 0 Å². The predicted molar refractivity (Wildman–Crippen MR) is 184 cm³/mol. The average Bonchev–Trinajstić information content (AvgIpc) is 3.07. The number of ether oxygens (including phenoxy) is 1. The molecule has 1 saturated heterocycles. The van der Waals surface area contributed by atoms with E-state index in [-0.39, 0.29) is 35.3 Å². The normalized spacial score (nSPS) is 18.2. The molecule has 2 unspecified atom stereocenters. The molecule has 5 atom stereocenters. The summed E-state index contributed by atoms with van der Waals surface area (Å²) in [6.45, 7) is 9.75. The zero-order chi connectivity index (χ0) is 35.9. The molecule has 13 heteroatoms. The predicted octanol–water partition coefficient (Wildman–Crippen LogP) is 4.63. The van der Waals surface area contributed by atoms with Gasteiger partial charge in [-0.05, 0) is 82.1 Å². The number of carbonyl (C=O) groups is 3. The van der Waals surface area contributed by atoms with E-state index in [4.69, 9.17) is 25.7 Å². The Kier molecular flexibility index (Phi) is 16.6. The maximum atomic E-state index is 13.4. The van der Waals surface area contributed by atoms with Crippen molar-refractivity contribution in [2.45, 2.75) is 96.8 Å². The molecule has 0 spiro atoms. The molecule has 12 nitrogen and oxygen atoms in total. The van der Waals surface area contributed by atoms with Crippen LogP contribution in [0.4, 0.5) is 0 Å². The summed E-state index contributed by atoms with van der Waals surface area (Å²) < 4.78 is 35.1. The summed E-state index contributed by atoms with van der Waals surface area (Å²) in [6, 6.07) is 15.0. The van der Waals surface area contributed by atoms with Crippen molar-refractivity contribution in [2.24, 2.45) is 28.8 Å². The Morgan fingerprint density at radius 2 is 1.75 bits per heavy atom. The second kappa shape index (κ2) is 19.5. The van der Waals surface area contributed by atoms with Crippen molar-refractivity contribution in [1.82, 2.24) is 10.9 Å². The lowest BCUT2D eigenvalue weighted by atomic mass is 9.68. The summed E-state index contributed by atoms with van der Waals surface area (Å²) in [5.41, 5.74) is 12.3. The van der Waals surface area contributed by atoms with Crippen molar-refractivity contribution in [3.05, 3.63) is 71.8 Å². The van der Waals surface area contributed by atoms with E-state index in [1.807, 2.05) is 64.1 Å². The molecule has 0 saturated carbocycles. The Balaban J connectivity index is 0.000000613. The molecule has 1 fully saturated rings. The first kappa shape index (κ1) is 40.7. The fourth-order valence-electron chi connectivity index (χ4n) is 5.77. The Bertz CT molecular complexity index is 1460. The number of nitrogens with one attached hydrogen (secondary N) is 2. The highest BCUT2D eigenvalue weighted by atomic mass is 32.2. The smallest absolute Gasteiger partial charge is 0.294 e. The fraction of sp³-hybridized carbons (Fsp3) is 0.514. The van der Waals surface area contributed by atoms with Gasteiger partial charge in [0, 0.05) is 18.9 Å². The van der Waals surface area contributed by atoms with Crippen molar-refractivity contribution in [2.75, 3.05) is 6.61 Å². The highest BCUT2D eigenvalue weighted by Gasteiger charge is 2.48. The number of ketones is 1. The summed E-state index contributed by atoms with van der Waals surface area (Å²) in [4.78, 5) is 45.2. The summed E-state index contributed by atoms with van der Waals surface area (Å²) in [5.74, 6) is 3.27.